The molecule has 0 fully saturated rings. The molecule has 0 spiro atoms. The summed E-state index contributed by atoms with van der Waals surface area (Å²) in [7, 11) is 1.64. The van der Waals surface area contributed by atoms with E-state index < -0.39 is 0 Å². The van der Waals surface area contributed by atoms with Crippen LogP contribution in [0.25, 0.3) is 0 Å². The summed E-state index contributed by atoms with van der Waals surface area (Å²) in [5, 5.41) is 3.32. The summed E-state index contributed by atoms with van der Waals surface area (Å²) < 4.78 is 11.7. The van der Waals surface area contributed by atoms with Gasteiger partial charge in [0.1, 0.15) is 0 Å². The van der Waals surface area contributed by atoms with Crippen LogP contribution in [-0.2, 0) is 0 Å². The van der Waals surface area contributed by atoms with E-state index in [0.717, 1.165) is 21.7 Å². The molecule has 0 aliphatic heterocycles. The Morgan fingerprint density at radius 2 is 2.06 bits per heavy atom. The van der Waals surface area contributed by atoms with Crippen LogP contribution in [0, 0.1) is 0 Å². The fourth-order valence-electron chi connectivity index (χ4n) is 1.42. The van der Waals surface area contributed by atoms with E-state index in [1.807, 2.05) is 19.1 Å². The Morgan fingerprint density at radius 3 is 2.56 bits per heavy atom. The first-order valence-electron chi connectivity index (χ1n) is 5.35. The molecule has 0 aliphatic rings. The lowest BCUT2D eigenvalue weighted by Crippen LogP contribution is -2.10. The van der Waals surface area contributed by atoms with Crippen molar-refractivity contribution < 1.29 is 9.47 Å². The molecule has 0 aromatic heterocycles. The lowest BCUT2D eigenvalue weighted by atomic mass is 10.2. The van der Waals surface area contributed by atoms with Gasteiger partial charge in [-0.3, -0.25) is 0 Å². The van der Waals surface area contributed by atoms with E-state index in [1.54, 1.807) is 7.11 Å². The number of nitrogens with one attached hydrogen (secondary N) is 1. The van der Waals surface area contributed by atoms with Gasteiger partial charge in [0, 0.05) is 17.8 Å². The molecule has 4 heteroatoms. The van der Waals surface area contributed by atoms with E-state index in [0.29, 0.717) is 12.6 Å². The number of hydrogen-bond acceptors (Lipinski definition) is 3. The number of benzene rings is 1. The van der Waals surface area contributed by atoms with Crippen molar-refractivity contribution in [1.82, 2.24) is 0 Å². The minimum atomic E-state index is 0.384. The van der Waals surface area contributed by atoms with Crippen LogP contribution in [0.5, 0.6) is 11.5 Å². The first-order chi connectivity index (χ1) is 7.58. The van der Waals surface area contributed by atoms with Gasteiger partial charge < -0.3 is 14.8 Å². The van der Waals surface area contributed by atoms with Crippen molar-refractivity contribution >= 4 is 21.6 Å². The molecule has 0 amide bonds. The van der Waals surface area contributed by atoms with Gasteiger partial charge in [-0.2, -0.15) is 0 Å². The van der Waals surface area contributed by atoms with Crippen molar-refractivity contribution in [3.63, 3.8) is 0 Å². The topological polar surface area (TPSA) is 30.5 Å². The predicted molar refractivity (Wildman–Crippen MR) is 70.6 cm³/mol. The third kappa shape index (κ3) is 3.30. The Kier molecular flexibility index (Phi) is 4.93. The minimum Gasteiger partial charge on any atom is -0.493 e. The number of ether oxygens (including phenoxy) is 2. The smallest absolute Gasteiger partial charge is 0.175 e. The molecule has 1 N–H and O–H groups in total. The van der Waals surface area contributed by atoms with Crippen molar-refractivity contribution in [2.24, 2.45) is 0 Å². The van der Waals surface area contributed by atoms with Crippen LogP contribution in [0.1, 0.15) is 20.8 Å². The quantitative estimate of drug-likeness (QED) is 0.896. The Bertz CT molecular complexity index is 353. The molecule has 0 saturated carbocycles. The highest BCUT2D eigenvalue weighted by Gasteiger charge is 2.11. The molecule has 0 saturated heterocycles. The second-order valence-electron chi connectivity index (χ2n) is 3.72. The third-order valence-corrected chi connectivity index (χ3v) is 2.56. The summed E-state index contributed by atoms with van der Waals surface area (Å²) in [5.74, 6) is 1.48. The molecule has 0 unspecified atom stereocenters. The molecule has 0 radical (unpaired) electrons. The highest BCUT2D eigenvalue weighted by atomic mass is 79.9. The van der Waals surface area contributed by atoms with Gasteiger partial charge in [-0.25, -0.2) is 0 Å². The van der Waals surface area contributed by atoms with Crippen LogP contribution in [0.15, 0.2) is 16.6 Å². The molecule has 0 bridgehead atoms. The molecular weight excluding hydrogens is 270 g/mol. The Labute approximate surface area is 105 Å². The maximum absolute atomic E-state index is 5.52. The molecule has 0 atom stereocenters. The van der Waals surface area contributed by atoms with Crippen molar-refractivity contribution in [3.05, 3.63) is 16.6 Å². The van der Waals surface area contributed by atoms with E-state index in [4.69, 9.17) is 9.47 Å². The third-order valence-electron chi connectivity index (χ3n) is 1.97. The molecule has 16 heavy (non-hydrogen) atoms. The van der Waals surface area contributed by atoms with Gasteiger partial charge in [0.05, 0.1) is 18.2 Å². The SMILES string of the molecule is CCOc1c(Br)cc(NC(C)C)cc1OC. The van der Waals surface area contributed by atoms with Crippen LogP contribution < -0.4 is 14.8 Å². The standard InChI is InChI=1S/C12H18BrNO2/c1-5-16-12-10(13)6-9(14-8(2)3)7-11(12)15-4/h6-8,14H,5H2,1-4H3. The fraction of sp³-hybridized carbons (Fsp3) is 0.500. The summed E-state index contributed by atoms with van der Waals surface area (Å²) in [4.78, 5) is 0. The van der Waals surface area contributed by atoms with Gasteiger partial charge in [0.25, 0.3) is 0 Å². The van der Waals surface area contributed by atoms with E-state index >= 15 is 0 Å². The van der Waals surface area contributed by atoms with Crippen molar-refractivity contribution in [2.75, 3.05) is 19.0 Å². The Hall–Kier alpha value is -0.900. The highest BCUT2D eigenvalue weighted by molar-refractivity contribution is 9.10. The summed E-state index contributed by atoms with van der Waals surface area (Å²) in [5.41, 5.74) is 1.02. The maximum atomic E-state index is 5.52. The lowest BCUT2D eigenvalue weighted by molar-refractivity contribution is 0.309. The van der Waals surface area contributed by atoms with Gasteiger partial charge >= 0.3 is 0 Å². The van der Waals surface area contributed by atoms with Gasteiger partial charge in [-0.1, -0.05) is 0 Å². The zero-order chi connectivity index (χ0) is 12.1. The van der Waals surface area contributed by atoms with E-state index in [9.17, 15) is 0 Å². The Balaban J connectivity index is 3.05. The predicted octanol–water partition coefficient (Wildman–Crippen LogP) is 3.68. The van der Waals surface area contributed by atoms with E-state index in [1.165, 1.54) is 0 Å². The number of rotatable bonds is 5. The molecule has 90 valence electrons. The van der Waals surface area contributed by atoms with E-state index in [-0.39, 0.29) is 0 Å². The normalized spacial score (nSPS) is 10.4. The van der Waals surface area contributed by atoms with Crippen LogP contribution in [0.4, 0.5) is 5.69 Å². The highest BCUT2D eigenvalue weighted by Crippen LogP contribution is 2.38. The van der Waals surface area contributed by atoms with Gasteiger partial charge in [-0.05, 0) is 42.8 Å². The zero-order valence-corrected chi connectivity index (χ0v) is 11.7. The van der Waals surface area contributed by atoms with Crippen LogP contribution >= 0.6 is 15.9 Å². The second-order valence-corrected chi connectivity index (χ2v) is 4.58. The summed E-state index contributed by atoms with van der Waals surface area (Å²) in [6, 6.07) is 4.32. The fourth-order valence-corrected chi connectivity index (χ4v) is 1.98. The maximum Gasteiger partial charge on any atom is 0.175 e. The van der Waals surface area contributed by atoms with Crippen LogP contribution in [0.2, 0.25) is 0 Å². The average Bonchev–Trinajstić information content (AvgIpc) is 2.20. The second kappa shape index (κ2) is 5.99. The minimum absolute atomic E-state index is 0.384. The van der Waals surface area contributed by atoms with Crippen molar-refractivity contribution in [1.29, 1.82) is 0 Å². The first-order valence-corrected chi connectivity index (χ1v) is 6.14. The first kappa shape index (κ1) is 13.2. The van der Waals surface area contributed by atoms with Crippen molar-refractivity contribution in [3.8, 4) is 11.5 Å². The van der Waals surface area contributed by atoms with Crippen LogP contribution in [-0.4, -0.2) is 19.8 Å². The molecule has 1 aromatic carbocycles. The van der Waals surface area contributed by atoms with E-state index in [2.05, 4.69) is 35.1 Å². The van der Waals surface area contributed by atoms with Gasteiger partial charge in [-0.15, -0.1) is 0 Å². The lowest BCUT2D eigenvalue weighted by Gasteiger charge is -2.15. The number of methoxy groups -OCH3 is 1. The summed E-state index contributed by atoms with van der Waals surface area (Å²) in [6.07, 6.45) is 0. The van der Waals surface area contributed by atoms with Crippen molar-refractivity contribution in [2.45, 2.75) is 26.8 Å². The van der Waals surface area contributed by atoms with Crippen LogP contribution in [0.3, 0.4) is 0 Å². The largest absolute Gasteiger partial charge is 0.493 e. The average molecular weight is 288 g/mol. The van der Waals surface area contributed by atoms with Gasteiger partial charge in [0.2, 0.25) is 0 Å². The summed E-state index contributed by atoms with van der Waals surface area (Å²) in [6.45, 7) is 6.76. The molecule has 1 rings (SSSR count). The number of hydrogen-bond donors (Lipinski definition) is 1. The number of anilines is 1. The molecule has 0 heterocycles. The van der Waals surface area contributed by atoms with Gasteiger partial charge in [0.15, 0.2) is 11.5 Å². The Morgan fingerprint density at radius 1 is 1.38 bits per heavy atom. The number of halogens is 1. The zero-order valence-electron chi connectivity index (χ0n) is 10.1. The monoisotopic (exact) mass is 287 g/mol. The molecule has 1 aromatic rings. The molecule has 0 aliphatic carbocycles. The molecular formula is C12H18BrNO2. The summed E-state index contributed by atoms with van der Waals surface area (Å²) >= 11 is 3.48. The molecule has 3 nitrogen and oxygen atoms in total.